The Morgan fingerprint density at radius 3 is 2.91 bits per heavy atom. The lowest BCUT2D eigenvalue weighted by atomic mass is 9.93. The largest absolute Gasteiger partial charge is 0.355 e. The maximum atomic E-state index is 13.5. The fraction of sp³-hybridized carbons (Fsp3) is 0.316. The summed E-state index contributed by atoms with van der Waals surface area (Å²) in [7, 11) is 0. The van der Waals surface area contributed by atoms with Gasteiger partial charge in [0.25, 0.3) is 0 Å². The number of H-pyrrole nitrogens is 1. The van der Waals surface area contributed by atoms with Crippen molar-refractivity contribution in [3.05, 3.63) is 58.7 Å². The minimum atomic E-state index is -0.153. The SMILES string of the molecule is Cc1[nH]c2c(N3CCc4cc(F)ccc4C3C)nccc2c1C. The molecule has 118 valence electrons. The van der Waals surface area contributed by atoms with Crippen LogP contribution in [0.1, 0.15) is 35.3 Å². The van der Waals surface area contributed by atoms with Crippen molar-refractivity contribution < 1.29 is 4.39 Å². The summed E-state index contributed by atoms with van der Waals surface area (Å²) in [6.45, 7) is 7.24. The van der Waals surface area contributed by atoms with E-state index in [1.165, 1.54) is 22.2 Å². The number of hydrogen-bond acceptors (Lipinski definition) is 2. The number of hydrogen-bond donors (Lipinski definition) is 1. The van der Waals surface area contributed by atoms with Crippen LogP contribution in [-0.4, -0.2) is 16.5 Å². The standard InChI is InChI=1S/C19H20FN3/c1-11-12(2)22-18-16(11)6-8-21-19(18)23-9-7-14-10-15(20)4-5-17(14)13(23)3/h4-6,8,10,13,22H,7,9H2,1-3H3. The van der Waals surface area contributed by atoms with Crippen molar-refractivity contribution in [1.29, 1.82) is 0 Å². The van der Waals surface area contributed by atoms with E-state index in [0.717, 1.165) is 29.9 Å². The summed E-state index contributed by atoms with van der Waals surface area (Å²) in [6, 6.07) is 7.37. The Labute approximate surface area is 135 Å². The first-order valence-corrected chi connectivity index (χ1v) is 8.05. The van der Waals surface area contributed by atoms with Crippen LogP contribution in [0.2, 0.25) is 0 Å². The van der Waals surface area contributed by atoms with Gasteiger partial charge in [0.2, 0.25) is 0 Å². The minimum Gasteiger partial charge on any atom is -0.355 e. The van der Waals surface area contributed by atoms with Crippen LogP contribution in [0.5, 0.6) is 0 Å². The van der Waals surface area contributed by atoms with Gasteiger partial charge in [0, 0.05) is 23.8 Å². The lowest BCUT2D eigenvalue weighted by Crippen LogP contribution is -2.34. The number of benzene rings is 1. The first-order chi connectivity index (χ1) is 11.1. The molecular formula is C19H20FN3. The normalized spacial score (nSPS) is 17.6. The molecule has 2 aromatic heterocycles. The molecule has 4 rings (SSSR count). The molecule has 1 aliphatic heterocycles. The third-order valence-corrected chi connectivity index (χ3v) is 5.13. The summed E-state index contributed by atoms with van der Waals surface area (Å²) in [6.07, 6.45) is 2.72. The molecule has 0 saturated carbocycles. The monoisotopic (exact) mass is 309 g/mol. The quantitative estimate of drug-likeness (QED) is 0.720. The zero-order valence-corrected chi connectivity index (χ0v) is 13.7. The molecule has 1 aliphatic rings. The van der Waals surface area contributed by atoms with Gasteiger partial charge in [0.05, 0.1) is 11.6 Å². The summed E-state index contributed by atoms with van der Waals surface area (Å²) in [5.74, 6) is 0.835. The second-order valence-electron chi connectivity index (χ2n) is 6.39. The highest BCUT2D eigenvalue weighted by Crippen LogP contribution is 2.36. The Bertz CT molecular complexity index is 897. The van der Waals surface area contributed by atoms with Gasteiger partial charge in [0.1, 0.15) is 5.82 Å². The van der Waals surface area contributed by atoms with Crippen molar-refractivity contribution in [2.24, 2.45) is 0 Å². The van der Waals surface area contributed by atoms with Gasteiger partial charge in [0.15, 0.2) is 5.82 Å². The van der Waals surface area contributed by atoms with E-state index in [4.69, 9.17) is 0 Å². The van der Waals surface area contributed by atoms with Gasteiger partial charge < -0.3 is 9.88 Å². The summed E-state index contributed by atoms with van der Waals surface area (Å²) in [4.78, 5) is 10.4. The number of pyridine rings is 1. The number of aromatic nitrogens is 2. The maximum absolute atomic E-state index is 13.5. The van der Waals surface area contributed by atoms with E-state index < -0.39 is 0 Å². The molecule has 0 spiro atoms. The molecule has 3 nitrogen and oxygen atoms in total. The zero-order valence-electron chi connectivity index (χ0n) is 13.7. The number of aryl methyl sites for hydroxylation is 2. The summed E-state index contributed by atoms with van der Waals surface area (Å²) in [5, 5.41) is 1.23. The van der Waals surface area contributed by atoms with Gasteiger partial charge in [-0.2, -0.15) is 0 Å². The van der Waals surface area contributed by atoms with Crippen LogP contribution in [0.3, 0.4) is 0 Å². The third kappa shape index (κ3) is 2.12. The van der Waals surface area contributed by atoms with E-state index in [2.05, 4.69) is 41.7 Å². The van der Waals surface area contributed by atoms with Crippen LogP contribution in [0.4, 0.5) is 10.2 Å². The van der Waals surface area contributed by atoms with Crippen molar-refractivity contribution in [1.82, 2.24) is 9.97 Å². The topological polar surface area (TPSA) is 31.9 Å². The predicted molar refractivity (Wildman–Crippen MR) is 91.4 cm³/mol. The van der Waals surface area contributed by atoms with E-state index >= 15 is 0 Å². The third-order valence-electron chi connectivity index (χ3n) is 5.13. The lowest BCUT2D eigenvalue weighted by molar-refractivity contribution is 0.595. The molecule has 23 heavy (non-hydrogen) atoms. The van der Waals surface area contributed by atoms with Crippen molar-refractivity contribution in [3.8, 4) is 0 Å². The number of fused-ring (bicyclic) bond motifs is 2. The molecule has 0 aliphatic carbocycles. The average molecular weight is 309 g/mol. The number of halogens is 1. The molecule has 0 bridgehead atoms. The predicted octanol–water partition coefficient (Wildman–Crippen LogP) is 4.44. The number of nitrogens with zero attached hydrogens (tertiary/aromatic N) is 2. The van der Waals surface area contributed by atoms with E-state index in [0.29, 0.717) is 0 Å². The first kappa shape index (κ1) is 14.2. The average Bonchev–Trinajstić information content (AvgIpc) is 2.83. The highest BCUT2D eigenvalue weighted by Gasteiger charge is 2.27. The first-order valence-electron chi connectivity index (χ1n) is 8.05. The smallest absolute Gasteiger partial charge is 0.153 e. The Kier molecular flexibility index (Phi) is 3.15. The minimum absolute atomic E-state index is 0.153. The molecule has 3 aromatic rings. The van der Waals surface area contributed by atoms with Crippen molar-refractivity contribution in [3.63, 3.8) is 0 Å². The van der Waals surface area contributed by atoms with Crippen LogP contribution in [0, 0.1) is 19.7 Å². The molecule has 1 atom stereocenters. The maximum Gasteiger partial charge on any atom is 0.153 e. The molecule has 1 N–H and O–H groups in total. The Hall–Kier alpha value is -2.36. The zero-order chi connectivity index (χ0) is 16.1. The van der Waals surface area contributed by atoms with E-state index in [-0.39, 0.29) is 11.9 Å². The molecule has 1 aromatic carbocycles. The van der Waals surface area contributed by atoms with E-state index in [1.54, 1.807) is 12.1 Å². The Morgan fingerprint density at radius 2 is 2.09 bits per heavy atom. The Balaban J connectivity index is 1.83. The fourth-order valence-corrected chi connectivity index (χ4v) is 3.68. The molecular weight excluding hydrogens is 289 g/mol. The summed E-state index contributed by atoms with van der Waals surface area (Å²) >= 11 is 0. The molecule has 3 heterocycles. The highest BCUT2D eigenvalue weighted by atomic mass is 19.1. The second-order valence-corrected chi connectivity index (χ2v) is 6.39. The van der Waals surface area contributed by atoms with Gasteiger partial charge in [-0.15, -0.1) is 0 Å². The van der Waals surface area contributed by atoms with Crippen LogP contribution in [0.25, 0.3) is 10.9 Å². The van der Waals surface area contributed by atoms with Crippen molar-refractivity contribution in [2.45, 2.75) is 33.2 Å². The number of rotatable bonds is 1. The van der Waals surface area contributed by atoms with Crippen molar-refractivity contribution >= 4 is 16.7 Å². The van der Waals surface area contributed by atoms with Gasteiger partial charge in [-0.05, 0) is 62.1 Å². The number of aromatic amines is 1. The molecule has 0 fully saturated rings. The van der Waals surface area contributed by atoms with Gasteiger partial charge in [-0.25, -0.2) is 9.37 Å². The van der Waals surface area contributed by atoms with E-state index in [1.807, 2.05) is 12.3 Å². The lowest BCUT2D eigenvalue weighted by Gasteiger charge is -2.36. The van der Waals surface area contributed by atoms with Crippen LogP contribution >= 0.6 is 0 Å². The molecule has 1 unspecified atom stereocenters. The number of nitrogens with one attached hydrogen (secondary N) is 1. The molecule has 0 amide bonds. The van der Waals surface area contributed by atoms with Crippen LogP contribution in [-0.2, 0) is 6.42 Å². The van der Waals surface area contributed by atoms with Crippen LogP contribution in [0.15, 0.2) is 30.5 Å². The van der Waals surface area contributed by atoms with Crippen LogP contribution < -0.4 is 4.90 Å². The van der Waals surface area contributed by atoms with E-state index in [9.17, 15) is 4.39 Å². The summed E-state index contributed by atoms with van der Waals surface area (Å²) < 4.78 is 13.5. The van der Waals surface area contributed by atoms with Crippen molar-refractivity contribution in [2.75, 3.05) is 11.4 Å². The number of anilines is 1. The molecule has 0 saturated heterocycles. The second kappa shape index (κ2) is 5.08. The van der Waals surface area contributed by atoms with Gasteiger partial charge >= 0.3 is 0 Å². The molecule has 4 heteroatoms. The highest BCUT2D eigenvalue weighted by molar-refractivity contribution is 5.92. The summed E-state index contributed by atoms with van der Waals surface area (Å²) in [5.41, 5.74) is 5.85. The van der Waals surface area contributed by atoms with Gasteiger partial charge in [-0.3, -0.25) is 0 Å². The Morgan fingerprint density at radius 1 is 1.26 bits per heavy atom. The van der Waals surface area contributed by atoms with Gasteiger partial charge in [-0.1, -0.05) is 6.07 Å². The molecule has 0 radical (unpaired) electrons. The fourth-order valence-electron chi connectivity index (χ4n) is 3.68.